The Morgan fingerprint density at radius 3 is 3.00 bits per heavy atom. The molecule has 2 aromatic heterocycles. The first-order valence-electron chi connectivity index (χ1n) is 5.31. The summed E-state index contributed by atoms with van der Waals surface area (Å²) in [6, 6.07) is 9.71. The van der Waals surface area contributed by atoms with Crippen molar-refractivity contribution in [1.82, 2.24) is 14.4 Å². The molecule has 4 heteroatoms. The van der Waals surface area contributed by atoms with Crippen LogP contribution in [0.2, 0.25) is 0 Å². The van der Waals surface area contributed by atoms with Crippen molar-refractivity contribution in [3.63, 3.8) is 0 Å². The summed E-state index contributed by atoms with van der Waals surface area (Å²) in [7, 11) is 1.66. The molecule has 17 heavy (non-hydrogen) atoms. The van der Waals surface area contributed by atoms with Crippen molar-refractivity contribution >= 4 is 5.78 Å². The largest absolute Gasteiger partial charge is 0.497 e. The molecule has 0 radical (unpaired) electrons. The van der Waals surface area contributed by atoms with Crippen molar-refractivity contribution < 1.29 is 4.74 Å². The fourth-order valence-electron chi connectivity index (χ4n) is 1.75. The molecule has 0 amide bonds. The van der Waals surface area contributed by atoms with Gasteiger partial charge < -0.3 is 4.74 Å². The van der Waals surface area contributed by atoms with E-state index < -0.39 is 0 Å². The molecule has 3 rings (SSSR count). The van der Waals surface area contributed by atoms with Crippen LogP contribution in [-0.4, -0.2) is 21.5 Å². The summed E-state index contributed by atoms with van der Waals surface area (Å²) in [4.78, 5) is 8.65. The fraction of sp³-hybridized carbons (Fsp3) is 0.0769. The Morgan fingerprint density at radius 2 is 2.18 bits per heavy atom. The van der Waals surface area contributed by atoms with Crippen molar-refractivity contribution in [2.75, 3.05) is 7.11 Å². The number of nitrogens with zero attached hydrogens (tertiary/aromatic N) is 3. The molecule has 1 aromatic carbocycles. The van der Waals surface area contributed by atoms with Crippen LogP contribution < -0.4 is 4.74 Å². The zero-order valence-electron chi connectivity index (χ0n) is 9.37. The standard InChI is InChI=1S/C13H11N3O/c1-17-11-5-2-4-10(8-11)12-9-16-7-3-6-14-13(16)15-12/h2-9H,1H3. The molecule has 4 nitrogen and oxygen atoms in total. The highest BCUT2D eigenvalue weighted by Crippen LogP contribution is 2.22. The van der Waals surface area contributed by atoms with E-state index in [0.29, 0.717) is 5.78 Å². The number of ether oxygens (including phenoxy) is 1. The van der Waals surface area contributed by atoms with Crippen LogP contribution >= 0.6 is 0 Å². The summed E-state index contributed by atoms with van der Waals surface area (Å²) >= 11 is 0. The third-order valence-corrected chi connectivity index (χ3v) is 2.60. The van der Waals surface area contributed by atoms with E-state index in [4.69, 9.17) is 4.74 Å². The van der Waals surface area contributed by atoms with Crippen LogP contribution in [0.25, 0.3) is 17.0 Å². The molecule has 0 saturated heterocycles. The fourth-order valence-corrected chi connectivity index (χ4v) is 1.75. The minimum atomic E-state index is 0.699. The topological polar surface area (TPSA) is 39.4 Å². The SMILES string of the molecule is COc1cccc(-c2cn3cccnc3n2)c1. The monoisotopic (exact) mass is 225 g/mol. The van der Waals surface area contributed by atoms with E-state index in [9.17, 15) is 0 Å². The minimum absolute atomic E-state index is 0.699. The van der Waals surface area contributed by atoms with Gasteiger partial charge in [-0.25, -0.2) is 9.97 Å². The van der Waals surface area contributed by atoms with E-state index in [1.165, 1.54) is 0 Å². The van der Waals surface area contributed by atoms with Gasteiger partial charge in [0.15, 0.2) is 0 Å². The predicted molar refractivity (Wildman–Crippen MR) is 65.0 cm³/mol. The third-order valence-electron chi connectivity index (χ3n) is 2.60. The lowest BCUT2D eigenvalue weighted by Gasteiger charge is -2.00. The molecule has 0 saturated carbocycles. The van der Waals surface area contributed by atoms with Crippen LogP contribution in [0.4, 0.5) is 0 Å². The Kier molecular flexibility index (Phi) is 2.26. The molecule has 84 valence electrons. The highest BCUT2D eigenvalue weighted by molar-refractivity contribution is 5.63. The molecule has 0 bridgehead atoms. The van der Waals surface area contributed by atoms with Crippen LogP contribution in [-0.2, 0) is 0 Å². The maximum Gasteiger partial charge on any atom is 0.234 e. The van der Waals surface area contributed by atoms with E-state index in [2.05, 4.69) is 9.97 Å². The number of hydrogen-bond donors (Lipinski definition) is 0. The van der Waals surface area contributed by atoms with Gasteiger partial charge in [0.25, 0.3) is 0 Å². The van der Waals surface area contributed by atoms with Gasteiger partial charge in [-0.1, -0.05) is 12.1 Å². The summed E-state index contributed by atoms with van der Waals surface area (Å²) in [5.41, 5.74) is 1.91. The molecule has 0 N–H and O–H groups in total. The van der Waals surface area contributed by atoms with E-state index in [0.717, 1.165) is 17.0 Å². The molecule has 3 aromatic rings. The maximum absolute atomic E-state index is 5.20. The summed E-state index contributed by atoms with van der Waals surface area (Å²) in [6.45, 7) is 0. The van der Waals surface area contributed by atoms with Crippen molar-refractivity contribution in [2.45, 2.75) is 0 Å². The number of fused-ring (bicyclic) bond motifs is 1. The second-order valence-corrected chi connectivity index (χ2v) is 3.69. The van der Waals surface area contributed by atoms with Gasteiger partial charge in [0.05, 0.1) is 12.8 Å². The number of hydrogen-bond acceptors (Lipinski definition) is 3. The molecular weight excluding hydrogens is 214 g/mol. The van der Waals surface area contributed by atoms with Gasteiger partial charge in [0, 0.05) is 24.2 Å². The quantitative estimate of drug-likeness (QED) is 0.672. The maximum atomic E-state index is 5.20. The first-order valence-corrected chi connectivity index (χ1v) is 5.31. The van der Waals surface area contributed by atoms with Gasteiger partial charge in [-0.05, 0) is 18.2 Å². The second kappa shape index (κ2) is 3.90. The molecule has 0 spiro atoms. The lowest BCUT2D eigenvalue weighted by molar-refractivity contribution is 0.415. The Balaban J connectivity index is 2.13. The minimum Gasteiger partial charge on any atom is -0.497 e. The number of aromatic nitrogens is 3. The predicted octanol–water partition coefficient (Wildman–Crippen LogP) is 2.40. The van der Waals surface area contributed by atoms with Crippen LogP contribution in [0.1, 0.15) is 0 Å². The lowest BCUT2D eigenvalue weighted by Crippen LogP contribution is -1.83. The van der Waals surface area contributed by atoms with Gasteiger partial charge in [0.1, 0.15) is 5.75 Å². The van der Waals surface area contributed by atoms with Gasteiger partial charge in [-0.15, -0.1) is 0 Å². The summed E-state index contributed by atoms with van der Waals surface area (Å²) in [6.07, 6.45) is 5.62. The van der Waals surface area contributed by atoms with E-state index in [1.807, 2.05) is 47.1 Å². The molecule has 0 unspecified atom stereocenters. The van der Waals surface area contributed by atoms with Crippen LogP contribution in [0.5, 0.6) is 5.75 Å². The lowest BCUT2D eigenvalue weighted by atomic mass is 10.1. The van der Waals surface area contributed by atoms with Crippen molar-refractivity contribution in [3.05, 3.63) is 48.9 Å². The smallest absolute Gasteiger partial charge is 0.234 e. The van der Waals surface area contributed by atoms with Gasteiger partial charge >= 0.3 is 0 Å². The zero-order valence-corrected chi connectivity index (χ0v) is 9.37. The normalized spacial score (nSPS) is 10.6. The van der Waals surface area contributed by atoms with Crippen molar-refractivity contribution in [2.24, 2.45) is 0 Å². The third kappa shape index (κ3) is 1.73. The Hall–Kier alpha value is -2.36. The molecule has 0 fully saturated rings. The second-order valence-electron chi connectivity index (χ2n) is 3.69. The number of imidazole rings is 1. The van der Waals surface area contributed by atoms with Crippen LogP contribution in [0.15, 0.2) is 48.9 Å². The number of rotatable bonds is 2. The molecular formula is C13H11N3O. The van der Waals surface area contributed by atoms with Crippen molar-refractivity contribution in [3.8, 4) is 17.0 Å². The molecule has 0 atom stereocenters. The number of benzene rings is 1. The van der Waals surface area contributed by atoms with Crippen LogP contribution in [0, 0.1) is 0 Å². The Bertz CT molecular complexity index is 627. The zero-order chi connectivity index (χ0) is 11.7. The Morgan fingerprint density at radius 1 is 1.24 bits per heavy atom. The van der Waals surface area contributed by atoms with Gasteiger partial charge in [0.2, 0.25) is 5.78 Å². The number of methoxy groups -OCH3 is 1. The van der Waals surface area contributed by atoms with E-state index >= 15 is 0 Å². The van der Waals surface area contributed by atoms with Crippen LogP contribution in [0.3, 0.4) is 0 Å². The first kappa shape index (κ1) is 9.84. The van der Waals surface area contributed by atoms with Gasteiger partial charge in [-0.3, -0.25) is 4.40 Å². The summed E-state index contributed by atoms with van der Waals surface area (Å²) < 4.78 is 7.10. The highest BCUT2D eigenvalue weighted by atomic mass is 16.5. The molecule has 0 aliphatic carbocycles. The Labute approximate surface area is 98.5 Å². The average Bonchev–Trinajstić information content (AvgIpc) is 2.82. The molecule has 0 aliphatic heterocycles. The average molecular weight is 225 g/mol. The van der Waals surface area contributed by atoms with Crippen molar-refractivity contribution in [1.29, 1.82) is 0 Å². The molecule has 0 aliphatic rings. The van der Waals surface area contributed by atoms with Gasteiger partial charge in [-0.2, -0.15) is 0 Å². The van der Waals surface area contributed by atoms with E-state index in [1.54, 1.807) is 13.3 Å². The first-order chi connectivity index (χ1) is 8.36. The van der Waals surface area contributed by atoms with E-state index in [-0.39, 0.29) is 0 Å². The highest BCUT2D eigenvalue weighted by Gasteiger charge is 2.05. The summed E-state index contributed by atoms with van der Waals surface area (Å²) in [5, 5.41) is 0. The molecule has 2 heterocycles. The summed E-state index contributed by atoms with van der Waals surface area (Å²) in [5.74, 6) is 1.53.